The summed E-state index contributed by atoms with van der Waals surface area (Å²) < 4.78 is 5.09. The fourth-order valence-electron chi connectivity index (χ4n) is 1.62. The van der Waals surface area contributed by atoms with Gasteiger partial charge in [0, 0.05) is 12.6 Å². The zero-order valence-corrected chi connectivity index (χ0v) is 9.21. The van der Waals surface area contributed by atoms with Crippen molar-refractivity contribution in [1.29, 1.82) is 0 Å². The Morgan fingerprint density at radius 3 is 2.57 bits per heavy atom. The van der Waals surface area contributed by atoms with Crippen molar-refractivity contribution in [3.63, 3.8) is 0 Å². The average molecular weight is 193 g/mol. The molecule has 1 aromatic carbocycles. The highest BCUT2D eigenvalue weighted by molar-refractivity contribution is 5.27. The van der Waals surface area contributed by atoms with E-state index in [1.54, 1.807) is 7.11 Å². The summed E-state index contributed by atoms with van der Waals surface area (Å²) in [6, 6.07) is 8.32. The molecule has 0 aliphatic heterocycles. The molecule has 0 heterocycles. The lowest BCUT2D eigenvalue weighted by Crippen LogP contribution is -2.43. The van der Waals surface area contributed by atoms with E-state index in [1.165, 1.54) is 11.1 Å². The minimum Gasteiger partial charge on any atom is -0.383 e. The van der Waals surface area contributed by atoms with Crippen LogP contribution in [0.2, 0.25) is 0 Å². The predicted octanol–water partition coefficient (Wildman–Crippen LogP) is 1.90. The molecule has 1 aromatic rings. The van der Waals surface area contributed by atoms with Crippen LogP contribution in [0.25, 0.3) is 0 Å². The molecule has 78 valence electrons. The summed E-state index contributed by atoms with van der Waals surface area (Å²) in [7, 11) is 1.68. The standard InChI is InChI=1S/C12H19NO/c1-10-6-4-5-7-11(10)8-12(2,13)9-14-3/h4-7H,8-9,13H2,1-3H3. The average Bonchev–Trinajstić information content (AvgIpc) is 2.08. The van der Waals surface area contributed by atoms with Gasteiger partial charge in [0.1, 0.15) is 0 Å². The van der Waals surface area contributed by atoms with Crippen LogP contribution in [0, 0.1) is 6.92 Å². The molecule has 2 N–H and O–H groups in total. The van der Waals surface area contributed by atoms with E-state index in [0.717, 1.165) is 6.42 Å². The van der Waals surface area contributed by atoms with Crippen LogP contribution in [0.15, 0.2) is 24.3 Å². The molecule has 0 saturated carbocycles. The smallest absolute Gasteiger partial charge is 0.0642 e. The first-order chi connectivity index (χ1) is 6.55. The third-order valence-electron chi connectivity index (χ3n) is 2.33. The van der Waals surface area contributed by atoms with E-state index in [4.69, 9.17) is 10.5 Å². The van der Waals surface area contributed by atoms with Crippen molar-refractivity contribution in [3.8, 4) is 0 Å². The van der Waals surface area contributed by atoms with Crippen LogP contribution < -0.4 is 5.73 Å². The van der Waals surface area contributed by atoms with Crippen molar-refractivity contribution < 1.29 is 4.74 Å². The molecule has 1 atom stereocenters. The van der Waals surface area contributed by atoms with Crippen molar-refractivity contribution in [2.45, 2.75) is 25.8 Å². The Hall–Kier alpha value is -0.860. The fourth-order valence-corrected chi connectivity index (χ4v) is 1.62. The maximum atomic E-state index is 6.10. The van der Waals surface area contributed by atoms with Crippen LogP contribution >= 0.6 is 0 Å². The molecule has 0 aromatic heterocycles. The highest BCUT2D eigenvalue weighted by atomic mass is 16.5. The number of nitrogens with two attached hydrogens (primary N) is 1. The van der Waals surface area contributed by atoms with Crippen molar-refractivity contribution in [2.24, 2.45) is 5.73 Å². The second kappa shape index (κ2) is 4.58. The number of hydrogen-bond donors (Lipinski definition) is 1. The molecule has 0 bridgehead atoms. The van der Waals surface area contributed by atoms with Crippen LogP contribution in [0.3, 0.4) is 0 Å². The molecule has 14 heavy (non-hydrogen) atoms. The van der Waals surface area contributed by atoms with Gasteiger partial charge in [0.25, 0.3) is 0 Å². The molecule has 0 amide bonds. The van der Waals surface area contributed by atoms with Gasteiger partial charge in [-0.1, -0.05) is 24.3 Å². The lowest BCUT2D eigenvalue weighted by atomic mass is 9.92. The topological polar surface area (TPSA) is 35.2 Å². The second-order valence-electron chi connectivity index (χ2n) is 4.19. The molecule has 0 aliphatic carbocycles. The van der Waals surface area contributed by atoms with Crippen molar-refractivity contribution >= 4 is 0 Å². The highest BCUT2D eigenvalue weighted by Gasteiger charge is 2.19. The molecule has 2 heteroatoms. The Morgan fingerprint density at radius 2 is 2.00 bits per heavy atom. The van der Waals surface area contributed by atoms with Gasteiger partial charge in [-0.25, -0.2) is 0 Å². The Kier molecular flexibility index (Phi) is 3.67. The first-order valence-corrected chi connectivity index (χ1v) is 4.87. The normalized spacial score (nSPS) is 15.1. The monoisotopic (exact) mass is 193 g/mol. The van der Waals surface area contributed by atoms with Crippen LogP contribution in [-0.2, 0) is 11.2 Å². The molecular weight excluding hydrogens is 174 g/mol. The van der Waals surface area contributed by atoms with E-state index in [9.17, 15) is 0 Å². The van der Waals surface area contributed by atoms with Gasteiger partial charge in [-0.05, 0) is 31.4 Å². The van der Waals surface area contributed by atoms with Crippen LogP contribution in [0.1, 0.15) is 18.1 Å². The number of rotatable bonds is 4. The lowest BCUT2D eigenvalue weighted by Gasteiger charge is -2.24. The SMILES string of the molecule is COCC(C)(N)Cc1ccccc1C. The molecule has 1 rings (SSSR count). The van der Waals surface area contributed by atoms with Crippen molar-refractivity contribution in [2.75, 3.05) is 13.7 Å². The van der Waals surface area contributed by atoms with Gasteiger partial charge in [-0.3, -0.25) is 0 Å². The van der Waals surface area contributed by atoms with Gasteiger partial charge < -0.3 is 10.5 Å². The summed E-state index contributed by atoms with van der Waals surface area (Å²) in [5, 5.41) is 0. The van der Waals surface area contributed by atoms with E-state index in [2.05, 4.69) is 19.1 Å². The Bertz CT molecular complexity index is 294. The highest BCUT2D eigenvalue weighted by Crippen LogP contribution is 2.14. The van der Waals surface area contributed by atoms with Crippen molar-refractivity contribution in [1.82, 2.24) is 0 Å². The summed E-state index contributed by atoms with van der Waals surface area (Å²) in [5.74, 6) is 0. The summed E-state index contributed by atoms with van der Waals surface area (Å²) in [4.78, 5) is 0. The zero-order valence-electron chi connectivity index (χ0n) is 9.21. The fraction of sp³-hybridized carbons (Fsp3) is 0.500. The minimum atomic E-state index is -0.277. The number of benzene rings is 1. The van der Waals surface area contributed by atoms with Crippen LogP contribution in [0.4, 0.5) is 0 Å². The Balaban J connectivity index is 2.73. The first-order valence-electron chi connectivity index (χ1n) is 4.87. The maximum Gasteiger partial charge on any atom is 0.0642 e. The zero-order chi connectivity index (χ0) is 10.6. The quantitative estimate of drug-likeness (QED) is 0.792. The third kappa shape index (κ3) is 3.13. The van der Waals surface area contributed by atoms with Crippen LogP contribution in [0.5, 0.6) is 0 Å². The molecule has 0 saturated heterocycles. The number of aryl methyl sites for hydroxylation is 1. The van der Waals surface area contributed by atoms with Gasteiger partial charge in [0.2, 0.25) is 0 Å². The van der Waals surface area contributed by atoms with Gasteiger partial charge in [-0.15, -0.1) is 0 Å². The summed E-state index contributed by atoms with van der Waals surface area (Å²) >= 11 is 0. The Labute approximate surface area is 86.1 Å². The summed E-state index contributed by atoms with van der Waals surface area (Å²) in [6.45, 7) is 4.71. The van der Waals surface area contributed by atoms with E-state index in [0.29, 0.717) is 6.61 Å². The van der Waals surface area contributed by atoms with Crippen LogP contribution in [-0.4, -0.2) is 19.3 Å². The van der Waals surface area contributed by atoms with Gasteiger partial charge in [0.05, 0.1) is 6.61 Å². The minimum absolute atomic E-state index is 0.277. The number of ether oxygens (including phenoxy) is 1. The van der Waals surface area contributed by atoms with Crippen molar-refractivity contribution in [3.05, 3.63) is 35.4 Å². The third-order valence-corrected chi connectivity index (χ3v) is 2.33. The molecular formula is C12H19NO. The molecule has 0 fully saturated rings. The van der Waals surface area contributed by atoms with Gasteiger partial charge >= 0.3 is 0 Å². The lowest BCUT2D eigenvalue weighted by molar-refractivity contribution is 0.141. The van der Waals surface area contributed by atoms with Gasteiger partial charge in [-0.2, -0.15) is 0 Å². The molecule has 0 spiro atoms. The molecule has 1 unspecified atom stereocenters. The van der Waals surface area contributed by atoms with E-state index in [1.807, 2.05) is 19.1 Å². The maximum absolute atomic E-state index is 6.10. The summed E-state index contributed by atoms with van der Waals surface area (Å²) in [6.07, 6.45) is 0.855. The second-order valence-corrected chi connectivity index (χ2v) is 4.19. The number of methoxy groups -OCH3 is 1. The molecule has 2 nitrogen and oxygen atoms in total. The molecule has 0 radical (unpaired) electrons. The van der Waals surface area contributed by atoms with Gasteiger partial charge in [0.15, 0.2) is 0 Å². The molecule has 0 aliphatic rings. The van der Waals surface area contributed by atoms with E-state index >= 15 is 0 Å². The number of hydrogen-bond acceptors (Lipinski definition) is 2. The van der Waals surface area contributed by atoms with E-state index in [-0.39, 0.29) is 5.54 Å². The predicted molar refractivity (Wildman–Crippen MR) is 59.4 cm³/mol. The Morgan fingerprint density at radius 1 is 1.36 bits per heavy atom. The van der Waals surface area contributed by atoms with E-state index < -0.39 is 0 Å². The largest absolute Gasteiger partial charge is 0.383 e. The first kappa shape index (κ1) is 11.2. The summed E-state index contributed by atoms with van der Waals surface area (Å²) in [5.41, 5.74) is 8.42.